The molecule has 0 spiro atoms. The molecule has 1 atom stereocenters. The van der Waals surface area contributed by atoms with Crippen molar-refractivity contribution in [2.45, 2.75) is 19.1 Å². The van der Waals surface area contributed by atoms with E-state index in [1.54, 1.807) is 14.2 Å². The number of methoxy groups -OCH3 is 2. The van der Waals surface area contributed by atoms with Gasteiger partial charge in [-0.15, -0.1) is 0 Å². The summed E-state index contributed by atoms with van der Waals surface area (Å²) in [6.07, 6.45) is 1.11. The molecule has 0 fully saturated rings. The second-order valence-electron chi connectivity index (χ2n) is 5.62. The van der Waals surface area contributed by atoms with E-state index in [-0.39, 0.29) is 6.10 Å². The first-order valence-corrected chi connectivity index (χ1v) is 7.93. The quantitative estimate of drug-likeness (QED) is 0.889. The Labute approximate surface area is 137 Å². The maximum absolute atomic E-state index is 5.92. The summed E-state index contributed by atoms with van der Waals surface area (Å²) in [5.41, 5.74) is 3.80. The number of nitrogens with one attached hydrogen (secondary N) is 1. The van der Waals surface area contributed by atoms with Crippen LogP contribution in [0.4, 0.5) is 0 Å². The van der Waals surface area contributed by atoms with Gasteiger partial charge in [-0.05, 0) is 23.6 Å². The second-order valence-corrected chi connectivity index (χ2v) is 5.62. The van der Waals surface area contributed by atoms with Gasteiger partial charge in [0.05, 0.1) is 26.9 Å². The summed E-state index contributed by atoms with van der Waals surface area (Å²) in [4.78, 5) is 0. The molecular formula is C19H23NO3. The Morgan fingerprint density at radius 2 is 2.00 bits per heavy atom. The van der Waals surface area contributed by atoms with E-state index in [1.807, 2.05) is 18.2 Å². The zero-order chi connectivity index (χ0) is 16.1. The third-order valence-corrected chi connectivity index (χ3v) is 4.23. The molecule has 122 valence electrons. The van der Waals surface area contributed by atoms with Gasteiger partial charge in [0.15, 0.2) is 0 Å². The fraction of sp³-hybridized carbons (Fsp3) is 0.368. The minimum atomic E-state index is 0.115. The normalized spacial score (nSPS) is 16.7. The van der Waals surface area contributed by atoms with Crippen molar-refractivity contribution in [3.05, 3.63) is 59.2 Å². The van der Waals surface area contributed by atoms with Gasteiger partial charge in [0.2, 0.25) is 0 Å². The van der Waals surface area contributed by atoms with Gasteiger partial charge in [-0.25, -0.2) is 0 Å². The summed E-state index contributed by atoms with van der Waals surface area (Å²) in [6.45, 7) is 2.30. The van der Waals surface area contributed by atoms with Gasteiger partial charge in [0.25, 0.3) is 0 Å². The van der Waals surface area contributed by atoms with Gasteiger partial charge >= 0.3 is 0 Å². The van der Waals surface area contributed by atoms with E-state index in [1.165, 1.54) is 11.1 Å². The average molecular weight is 313 g/mol. The van der Waals surface area contributed by atoms with Crippen molar-refractivity contribution in [3.8, 4) is 11.5 Å². The molecule has 2 aromatic carbocycles. The lowest BCUT2D eigenvalue weighted by atomic mass is 9.97. The van der Waals surface area contributed by atoms with Crippen molar-refractivity contribution in [1.29, 1.82) is 0 Å². The lowest BCUT2D eigenvalue weighted by Gasteiger charge is -2.26. The number of fused-ring (bicyclic) bond motifs is 1. The summed E-state index contributed by atoms with van der Waals surface area (Å²) in [6, 6.07) is 14.4. The topological polar surface area (TPSA) is 39.7 Å². The largest absolute Gasteiger partial charge is 0.497 e. The summed E-state index contributed by atoms with van der Waals surface area (Å²) >= 11 is 0. The molecule has 0 aliphatic carbocycles. The molecule has 23 heavy (non-hydrogen) atoms. The first-order valence-electron chi connectivity index (χ1n) is 7.93. The summed E-state index contributed by atoms with van der Waals surface area (Å²) in [7, 11) is 3.34. The molecule has 1 aliphatic heterocycles. The summed E-state index contributed by atoms with van der Waals surface area (Å²) < 4.78 is 16.6. The zero-order valence-electron chi connectivity index (χ0n) is 13.7. The number of ether oxygens (including phenoxy) is 3. The molecule has 1 heterocycles. The van der Waals surface area contributed by atoms with E-state index in [0.717, 1.165) is 43.2 Å². The van der Waals surface area contributed by atoms with Gasteiger partial charge in [-0.1, -0.05) is 30.3 Å². The van der Waals surface area contributed by atoms with Crippen LogP contribution in [0, 0.1) is 0 Å². The van der Waals surface area contributed by atoms with Crippen molar-refractivity contribution in [1.82, 2.24) is 5.32 Å². The van der Waals surface area contributed by atoms with Crippen LogP contribution >= 0.6 is 0 Å². The van der Waals surface area contributed by atoms with Crippen LogP contribution in [0.2, 0.25) is 0 Å². The minimum absolute atomic E-state index is 0.115. The SMILES string of the molecule is COc1ccc(CNC[C@H]2OCCc3ccccc32)c(OC)c1. The summed E-state index contributed by atoms with van der Waals surface area (Å²) in [5.74, 6) is 1.64. The van der Waals surface area contributed by atoms with Crippen molar-refractivity contribution < 1.29 is 14.2 Å². The maximum atomic E-state index is 5.92. The highest BCUT2D eigenvalue weighted by Gasteiger charge is 2.19. The van der Waals surface area contributed by atoms with Crippen molar-refractivity contribution >= 4 is 0 Å². The summed E-state index contributed by atoms with van der Waals surface area (Å²) in [5, 5.41) is 3.48. The van der Waals surface area contributed by atoms with Gasteiger partial charge in [0, 0.05) is 24.7 Å². The molecule has 1 aliphatic rings. The van der Waals surface area contributed by atoms with Crippen LogP contribution in [-0.2, 0) is 17.7 Å². The van der Waals surface area contributed by atoms with E-state index >= 15 is 0 Å². The van der Waals surface area contributed by atoms with Crippen LogP contribution in [0.5, 0.6) is 11.5 Å². The number of rotatable bonds is 6. The second kappa shape index (κ2) is 7.49. The van der Waals surface area contributed by atoms with E-state index in [4.69, 9.17) is 14.2 Å². The van der Waals surface area contributed by atoms with E-state index < -0.39 is 0 Å². The predicted molar refractivity (Wildman–Crippen MR) is 90.1 cm³/mol. The fourth-order valence-corrected chi connectivity index (χ4v) is 2.98. The zero-order valence-corrected chi connectivity index (χ0v) is 13.7. The molecule has 0 bridgehead atoms. The van der Waals surface area contributed by atoms with E-state index in [9.17, 15) is 0 Å². The number of hydrogen-bond acceptors (Lipinski definition) is 4. The lowest BCUT2D eigenvalue weighted by molar-refractivity contribution is 0.0423. The van der Waals surface area contributed by atoms with Gasteiger partial charge in [0.1, 0.15) is 11.5 Å². The highest BCUT2D eigenvalue weighted by Crippen LogP contribution is 2.27. The third kappa shape index (κ3) is 3.66. The Morgan fingerprint density at radius 3 is 2.83 bits per heavy atom. The molecule has 1 N–H and O–H groups in total. The van der Waals surface area contributed by atoms with Crippen molar-refractivity contribution in [2.24, 2.45) is 0 Å². The molecule has 3 rings (SSSR count). The molecule has 0 aromatic heterocycles. The fourth-order valence-electron chi connectivity index (χ4n) is 2.98. The monoisotopic (exact) mass is 313 g/mol. The van der Waals surface area contributed by atoms with Crippen LogP contribution in [0.3, 0.4) is 0 Å². The molecule has 4 heteroatoms. The van der Waals surface area contributed by atoms with Gasteiger partial charge in [-0.3, -0.25) is 0 Å². The molecule has 0 unspecified atom stereocenters. The van der Waals surface area contributed by atoms with Crippen LogP contribution in [-0.4, -0.2) is 27.4 Å². The molecule has 0 radical (unpaired) electrons. The highest BCUT2D eigenvalue weighted by atomic mass is 16.5. The average Bonchev–Trinajstić information content (AvgIpc) is 2.62. The Bertz CT molecular complexity index is 657. The Morgan fingerprint density at radius 1 is 1.13 bits per heavy atom. The maximum Gasteiger partial charge on any atom is 0.127 e. The Hall–Kier alpha value is -2.04. The lowest BCUT2D eigenvalue weighted by Crippen LogP contribution is -2.27. The predicted octanol–water partition coefficient (Wildman–Crippen LogP) is 3.11. The van der Waals surface area contributed by atoms with E-state index in [0.29, 0.717) is 0 Å². The molecular weight excluding hydrogens is 290 g/mol. The first-order chi connectivity index (χ1) is 11.3. The van der Waals surface area contributed by atoms with Gasteiger partial charge in [-0.2, -0.15) is 0 Å². The molecule has 0 saturated heterocycles. The molecule has 2 aromatic rings. The Balaban J connectivity index is 1.62. The van der Waals surface area contributed by atoms with Crippen LogP contribution in [0.15, 0.2) is 42.5 Å². The van der Waals surface area contributed by atoms with Crippen LogP contribution in [0.1, 0.15) is 22.8 Å². The molecule has 4 nitrogen and oxygen atoms in total. The Kier molecular flexibility index (Phi) is 5.16. The van der Waals surface area contributed by atoms with E-state index in [2.05, 4.69) is 29.6 Å². The molecule has 0 amide bonds. The first kappa shape index (κ1) is 15.8. The number of hydrogen-bond donors (Lipinski definition) is 1. The molecule has 0 saturated carbocycles. The van der Waals surface area contributed by atoms with Crippen LogP contribution < -0.4 is 14.8 Å². The minimum Gasteiger partial charge on any atom is -0.497 e. The standard InChI is InChI=1S/C19H23NO3/c1-21-16-8-7-15(18(11-16)22-2)12-20-13-19-17-6-4-3-5-14(17)9-10-23-19/h3-8,11,19-20H,9-10,12-13H2,1-2H3/t19-/m1/s1. The van der Waals surface area contributed by atoms with Gasteiger partial charge < -0.3 is 19.5 Å². The number of benzene rings is 2. The van der Waals surface area contributed by atoms with Crippen LogP contribution in [0.25, 0.3) is 0 Å². The highest BCUT2D eigenvalue weighted by molar-refractivity contribution is 5.40. The van der Waals surface area contributed by atoms with Crippen molar-refractivity contribution in [3.63, 3.8) is 0 Å². The van der Waals surface area contributed by atoms with Crippen molar-refractivity contribution in [2.75, 3.05) is 27.4 Å². The smallest absolute Gasteiger partial charge is 0.127 e. The third-order valence-electron chi connectivity index (χ3n) is 4.23.